The van der Waals surface area contributed by atoms with Gasteiger partial charge in [0, 0.05) is 33.9 Å². The van der Waals surface area contributed by atoms with Crippen molar-refractivity contribution in [3.05, 3.63) is 101 Å². The van der Waals surface area contributed by atoms with Gasteiger partial charge in [-0.1, -0.05) is 18.2 Å². The van der Waals surface area contributed by atoms with Crippen LogP contribution in [0.25, 0.3) is 11.6 Å². The summed E-state index contributed by atoms with van der Waals surface area (Å²) < 4.78 is 38.9. The summed E-state index contributed by atoms with van der Waals surface area (Å²) in [5.74, 6) is -0.885. The van der Waals surface area contributed by atoms with Crippen molar-refractivity contribution in [2.24, 2.45) is 0 Å². The maximum atomic E-state index is 13.0. The quantitative estimate of drug-likeness (QED) is 0.243. The van der Waals surface area contributed by atoms with Crippen LogP contribution in [0.1, 0.15) is 32.9 Å². The minimum atomic E-state index is -4.54. The highest BCUT2D eigenvalue weighted by molar-refractivity contribution is 6.35. The minimum absolute atomic E-state index is 0.101. The Labute approximate surface area is 209 Å². The van der Waals surface area contributed by atoms with Crippen LogP contribution in [0.2, 0.25) is 0 Å². The van der Waals surface area contributed by atoms with Crippen LogP contribution in [0, 0.1) is 6.92 Å². The molecule has 0 atom stereocenters. The third-order valence-electron chi connectivity index (χ3n) is 5.81. The van der Waals surface area contributed by atoms with E-state index in [1.165, 1.54) is 12.1 Å². The molecule has 4 N–H and O–H groups in total. The number of aromatic amines is 1. The molecule has 1 aromatic heterocycles. The number of nitrogens with zero attached hydrogens (tertiary/aromatic N) is 1. The van der Waals surface area contributed by atoms with Crippen LogP contribution in [0.4, 0.5) is 35.9 Å². The van der Waals surface area contributed by atoms with E-state index in [-0.39, 0.29) is 11.5 Å². The van der Waals surface area contributed by atoms with Gasteiger partial charge in [-0.25, -0.2) is 4.98 Å². The summed E-state index contributed by atoms with van der Waals surface area (Å²) in [6.07, 6.45) is -1.24. The summed E-state index contributed by atoms with van der Waals surface area (Å²) in [7, 11) is 0. The van der Waals surface area contributed by atoms with Crippen LogP contribution in [0.3, 0.4) is 0 Å². The summed E-state index contributed by atoms with van der Waals surface area (Å²) in [5.41, 5.74) is 4.18. The van der Waals surface area contributed by atoms with Crippen LogP contribution in [0.15, 0.2) is 73.1 Å². The molecule has 0 saturated heterocycles. The van der Waals surface area contributed by atoms with E-state index in [9.17, 15) is 22.8 Å². The van der Waals surface area contributed by atoms with Gasteiger partial charge in [-0.05, 0) is 61.5 Å². The Kier molecular flexibility index (Phi) is 6.00. The van der Waals surface area contributed by atoms with Crippen LogP contribution in [0.5, 0.6) is 0 Å². The first-order chi connectivity index (χ1) is 17.7. The number of carbonyl (C=O) groups is 2. The Hall–Kier alpha value is -4.86. The van der Waals surface area contributed by atoms with Crippen LogP contribution < -0.4 is 16.0 Å². The number of halogens is 3. The number of carbonyl (C=O) groups excluding carboxylic acids is 2. The molecule has 4 aromatic rings. The van der Waals surface area contributed by atoms with Gasteiger partial charge in [-0.2, -0.15) is 13.2 Å². The second-order valence-electron chi connectivity index (χ2n) is 8.42. The van der Waals surface area contributed by atoms with Gasteiger partial charge in [0.05, 0.1) is 28.8 Å². The summed E-state index contributed by atoms with van der Waals surface area (Å²) in [6.45, 7) is 1.87. The number of hydrogen-bond acceptors (Lipinski definition) is 4. The number of aryl methyl sites for hydroxylation is 1. The number of alkyl halides is 3. The first kappa shape index (κ1) is 23.9. The SMILES string of the molecule is Cc1[nH]cnc1/C=C1\C(=O)Nc2cc(Nc3cccc(NC(=O)c4cccc(C(F)(F)F)c4)c3)ccc21. The third-order valence-corrected chi connectivity index (χ3v) is 5.81. The first-order valence-corrected chi connectivity index (χ1v) is 11.2. The molecule has 7 nitrogen and oxygen atoms in total. The van der Waals surface area contributed by atoms with Crippen molar-refractivity contribution in [2.75, 3.05) is 16.0 Å². The molecule has 3 aromatic carbocycles. The molecule has 37 heavy (non-hydrogen) atoms. The average Bonchev–Trinajstić information content (AvgIpc) is 3.40. The Balaban J connectivity index is 1.32. The van der Waals surface area contributed by atoms with E-state index >= 15 is 0 Å². The zero-order valence-electron chi connectivity index (χ0n) is 19.4. The lowest BCUT2D eigenvalue weighted by atomic mass is 10.0. The number of rotatable bonds is 5. The van der Waals surface area contributed by atoms with E-state index < -0.39 is 17.6 Å². The number of hydrogen-bond donors (Lipinski definition) is 4. The van der Waals surface area contributed by atoms with E-state index in [1.54, 1.807) is 42.7 Å². The highest BCUT2D eigenvalue weighted by Gasteiger charge is 2.31. The summed E-state index contributed by atoms with van der Waals surface area (Å²) in [5, 5.41) is 8.69. The summed E-state index contributed by atoms with van der Waals surface area (Å²) >= 11 is 0. The van der Waals surface area contributed by atoms with Gasteiger partial charge in [0.15, 0.2) is 0 Å². The lowest BCUT2D eigenvalue weighted by Gasteiger charge is -2.12. The Morgan fingerprint density at radius 3 is 2.49 bits per heavy atom. The average molecular weight is 503 g/mol. The van der Waals surface area contributed by atoms with Crippen molar-refractivity contribution in [3.8, 4) is 0 Å². The van der Waals surface area contributed by atoms with E-state index in [0.29, 0.717) is 34.0 Å². The van der Waals surface area contributed by atoms with E-state index in [0.717, 1.165) is 23.4 Å². The van der Waals surface area contributed by atoms with Gasteiger partial charge >= 0.3 is 6.18 Å². The fourth-order valence-electron chi connectivity index (χ4n) is 3.95. The molecule has 0 spiro atoms. The molecule has 5 rings (SSSR count). The van der Waals surface area contributed by atoms with Crippen molar-refractivity contribution in [1.29, 1.82) is 0 Å². The van der Waals surface area contributed by atoms with Gasteiger partial charge in [-0.15, -0.1) is 0 Å². The molecule has 1 aliphatic rings. The van der Waals surface area contributed by atoms with Gasteiger partial charge in [0.25, 0.3) is 11.8 Å². The maximum Gasteiger partial charge on any atom is 0.416 e. The molecule has 0 unspecified atom stereocenters. The maximum absolute atomic E-state index is 13.0. The molecule has 2 amide bonds. The zero-order chi connectivity index (χ0) is 26.2. The van der Waals surface area contributed by atoms with Crippen molar-refractivity contribution >= 4 is 46.2 Å². The van der Waals surface area contributed by atoms with Crippen LogP contribution >= 0.6 is 0 Å². The first-order valence-electron chi connectivity index (χ1n) is 11.2. The molecular weight excluding hydrogens is 483 g/mol. The van der Waals surface area contributed by atoms with Crippen molar-refractivity contribution in [2.45, 2.75) is 13.1 Å². The molecule has 10 heteroatoms. The molecule has 0 radical (unpaired) electrons. The Morgan fingerprint density at radius 1 is 0.973 bits per heavy atom. The third kappa shape index (κ3) is 5.08. The van der Waals surface area contributed by atoms with Crippen molar-refractivity contribution in [1.82, 2.24) is 9.97 Å². The highest BCUT2D eigenvalue weighted by Crippen LogP contribution is 2.36. The second kappa shape index (κ2) is 9.30. The lowest BCUT2D eigenvalue weighted by Crippen LogP contribution is -2.14. The van der Waals surface area contributed by atoms with Crippen molar-refractivity contribution < 1.29 is 22.8 Å². The number of aromatic nitrogens is 2. The molecule has 0 aliphatic carbocycles. The van der Waals surface area contributed by atoms with Crippen LogP contribution in [-0.4, -0.2) is 21.8 Å². The van der Waals surface area contributed by atoms with Gasteiger partial charge in [0.1, 0.15) is 0 Å². The molecule has 0 bridgehead atoms. The number of nitrogens with one attached hydrogen (secondary N) is 4. The molecule has 2 heterocycles. The van der Waals surface area contributed by atoms with E-state index in [1.807, 2.05) is 19.1 Å². The minimum Gasteiger partial charge on any atom is -0.355 e. The summed E-state index contributed by atoms with van der Waals surface area (Å²) in [4.78, 5) is 32.3. The standard InChI is InChI=1S/C27H20F3N5O2/c1-15-23(32-14-31-15)13-22-21-9-8-20(12-24(21)35-26(22)37)33-18-6-3-7-19(11-18)34-25(36)16-4-2-5-17(10-16)27(28,29)30/h2-14,33H,1H3,(H,31,32)(H,34,36)(H,35,37)/b22-13-. The molecule has 186 valence electrons. The lowest BCUT2D eigenvalue weighted by molar-refractivity contribution is -0.137. The number of amides is 2. The predicted octanol–water partition coefficient (Wildman–Crippen LogP) is 6.23. The molecular formula is C27H20F3N5O2. The Bertz CT molecular complexity index is 1560. The van der Waals surface area contributed by atoms with Gasteiger partial charge in [0.2, 0.25) is 0 Å². The number of fused-ring (bicyclic) bond motifs is 1. The van der Waals surface area contributed by atoms with E-state index in [2.05, 4.69) is 25.9 Å². The topological polar surface area (TPSA) is 98.9 Å². The fraction of sp³-hybridized carbons (Fsp3) is 0.0741. The highest BCUT2D eigenvalue weighted by atomic mass is 19.4. The molecule has 0 fully saturated rings. The van der Waals surface area contributed by atoms with Crippen molar-refractivity contribution in [3.63, 3.8) is 0 Å². The predicted molar refractivity (Wildman–Crippen MR) is 135 cm³/mol. The largest absolute Gasteiger partial charge is 0.416 e. The normalized spacial score (nSPS) is 13.8. The monoisotopic (exact) mass is 503 g/mol. The van der Waals surface area contributed by atoms with Gasteiger partial charge < -0.3 is 20.9 Å². The Morgan fingerprint density at radius 2 is 1.73 bits per heavy atom. The zero-order valence-corrected chi connectivity index (χ0v) is 19.4. The molecule has 0 saturated carbocycles. The number of imidazole rings is 1. The molecule has 1 aliphatic heterocycles. The smallest absolute Gasteiger partial charge is 0.355 e. The van der Waals surface area contributed by atoms with E-state index in [4.69, 9.17) is 0 Å². The van der Waals surface area contributed by atoms with Crippen LogP contribution in [-0.2, 0) is 11.0 Å². The van der Waals surface area contributed by atoms with Gasteiger partial charge in [-0.3, -0.25) is 9.59 Å². The second-order valence-corrected chi connectivity index (χ2v) is 8.42. The number of benzene rings is 3. The number of H-pyrrole nitrogens is 1. The number of anilines is 4. The fourth-order valence-corrected chi connectivity index (χ4v) is 3.95. The summed E-state index contributed by atoms with van der Waals surface area (Å²) in [6, 6.07) is 16.4.